The van der Waals surface area contributed by atoms with Gasteiger partial charge in [0.2, 0.25) is 0 Å². The Balaban J connectivity index is 1.55. The monoisotopic (exact) mass is 366 g/mol. The number of nitrogens with zero attached hydrogens (tertiary/aromatic N) is 1. The van der Waals surface area contributed by atoms with Crippen molar-refractivity contribution >= 4 is 17.8 Å². The van der Waals surface area contributed by atoms with E-state index >= 15 is 0 Å². The van der Waals surface area contributed by atoms with Crippen LogP contribution < -0.4 is 14.8 Å². The van der Waals surface area contributed by atoms with E-state index in [2.05, 4.69) is 10.3 Å². The number of ether oxygens (including phenoxy) is 2. The van der Waals surface area contributed by atoms with E-state index < -0.39 is 0 Å². The van der Waals surface area contributed by atoms with Gasteiger partial charge < -0.3 is 19.9 Å². The van der Waals surface area contributed by atoms with Crippen LogP contribution in [0.1, 0.15) is 18.9 Å². The quantitative estimate of drug-likeness (QED) is 0.603. The number of aliphatic imine (C=N–C) groups is 1. The van der Waals surface area contributed by atoms with Gasteiger partial charge in [-0.25, -0.2) is 0 Å². The highest BCUT2D eigenvalue weighted by molar-refractivity contribution is 6.05. The molecule has 1 aliphatic heterocycles. The zero-order valence-electron chi connectivity index (χ0n) is 15.1. The van der Waals surface area contributed by atoms with Gasteiger partial charge in [-0.1, -0.05) is 18.2 Å². The summed E-state index contributed by atoms with van der Waals surface area (Å²) in [4.78, 5) is 16.8. The highest BCUT2D eigenvalue weighted by atomic mass is 16.6. The Morgan fingerprint density at radius 3 is 2.78 bits per heavy atom. The number of carbonyl (C=O) groups excluding carboxylic acids is 1. The van der Waals surface area contributed by atoms with Crippen LogP contribution in [0.3, 0.4) is 0 Å². The second kappa shape index (κ2) is 8.89. The minimum absolute atomic E-state index is 0.182. The number of hydrogen-bond acceptors (Lipinski definition) is 5. The van der Waals surface area contributed by atoms with Crippen LogP contribution in [0.15, 0.2) is 59.1 Å². The van der Waals surface area contributed by atoms with E-state index in [0.29, 0.717) is 48.9 Å². The number of allylic oxidation sites excluding steroid dienone is 1. The summed E-state index contributed by atoms with van der Waals surface area (Å²) in [5.74, 6) is 1.35. The van der Waals surface area contributed by atoms with Crippen molar-refractivity contribution in [1.82, 2.24) is 0 Å². The Labute approximate surface area is 158 Å². The van der Waals surface area contributed by atoms with Crippen molar-refractivity contribution in [2.24, 2.45) is 4.99 Å². The van der Waals surface area contributed by atoms with Gasteiger partial charge in [0, 0.05) is 30.0 Å². The molecule has 6 heteroatoms. The number of nitrogens with one attached hydrogen (secondary N) is 1. The number of benzene rings is 2. The summed E-state index contributed by atoms with van der Waals surface area (Å²) in [5, 5.41) is 12.3. The predicted octanol–water partition coefficient (Wildman–Crippen LogP) is 3.71. The van der Waals surface area contributed by atoms with Crippen molar-refractivity contribution in [2.45, 2.75) is 19.9 Å². The van der Waals surface area contributed by atoms with Crippen LogP contribution in [-0.2, 0) is 11.3 Å². The van der Waals surface area contributed by atoms with E-state index in [1.165, 1.54) is 0 Å². The summed E-state index contributed by atoms with van der Waals surface area (Å²) in [5.41, 5.74) is 2.18. The molecule has 0 radical (unpaired) electrons. The molecule has 0 bridgehead atoms. The van der Waals surface area contributed by atoms with Gasteiger partial charge in [0.05, 0.1) is 6.54 Å². The van der Waals surface area contributed by atoms with E-state index in [-0.39, 0.29) is 11.7 Å². The van der Waals surface area contributed by atoms with Crippen LogP contribution in [0.4, 0.5) is 5.69 Å². The zero-order valence-corrected chi connectivity index (χ0v) is 15.1. The minimum atomic E-state index is -0.182. The molecule has 0 unspecified atom stereocenters. The first-order chi connectivity index (χ1) is 13.2. The molecule has 0 aliphatic carbocycles. The Kier molecular flexibility index (Phi) is 6.10. The number of carbonyl (C=O) groups is 1. The molecule has 0 spiro atoms. The fourth-order valence-electron chi connectivity index (χ4n) is 2.66. The molecule has 0 aromatic heterocycles. The number of hydrogen-bond donors (Lipinski definition) is 2. The Bertz CT molecular complexity index is 874. The lowest BCUT2D eigenvalue weighted by Crippen LogP contribution is -2.17. The second-order valence-electron chi connectivity index (χ2n) is 6.02. The van der Waals surface area contributed by atoms with Gasteiger partial charge in [-0.15, -0.1) is 0 Å². The van der Waals surface area contributed by atoms with E-state index in [1.54, 1.807) is 48.7 Å². The van der Waals surface area contributed by atoms with Crippen molar-refractivity contribution in [1.29, 1.82) is 0 Å². The lowest BCUT2D eigenvalue weighted by Gasteiger charge is -2.19. The smallest absolute Gasteiger partial charge is 0.251 e. The molecular weight excluding hydrogens is 344 g/mol. The number of rotatable bonds is 6. The van der Waals surface area contributed by atoms with Crippen molar-refractivity contribution in [3.8, 4) is 17.2 Å². The standard InChI is InChI=1S/C21H22N2O4/c1-2-16(8-9-22-14-15-4-3-5-18(24)12-15)21(25)23-17-6-7-19-20(13-17)27-11-10-26-19/h2-7,9,12-13,24H,8,10-11,14H2,1H3,(H,23,25)/b16-2+,22-9?. The van der Waals surface area contributed by atoms with Crippen LogP contribution in [0.25, 0.3) is 0 Å². The first kappa shape index (κ1) is 18.5. The lowest BCUT2D eigenvalue weighted by molar-refractivity contribution is -0.112. The Hall–Kier alpha value is -3.28. The Morgan fingerprint density at radius 1 is 1.19 bits per heavy atom. The number of fused-ring (bicyclic) bond motifs is 1. The first-order valence-corrected chi connectivity index (χ1v) is 8.78. The van der Waals surface area contributed by atoms with Gasteiger partial charge in [-0.2, -0.15) is 0 Å². The molecule has 140 valence electrons. The third kappa shape index (κ3) is 5.10. The molecule has 1 amide bonds. The van der Waals surface area contributed by atoms with Crippen LogP contribution in [0.2, 0.25) is 0 Å². The van der Waals surface area contributed by atoms with Gasteiger partial charge in [-0.05, 0) is 36.8 Å². The van der Waals surface area contributed by atoms with Crippen LogP contribution in [-0.4, -0.2) is 30.4 Å². The molecule has 3 rings (SSSR count). The average molecular weight is 366 g/mol. The third-order valence-electron chi connectivity index (χ3n) is 4.06. The number of amides is 1. The topological polar surface area (TPSA) is 80.2 Å². The molecule has 0 atom stereocenters. The normalized spacial score (nSPS) is 13.6. The summed E-state index contributed by atoms with van der Waals surface area (Å²) >= 11 is 0. The molecule has 0 fully saturated rings. The summed E-state index contributed by atoms with van der Waals surface area (Å²) in [7, 11) is 0. The fourth-order valence-corrected chi connectivity index (χ4v) is 2.66. The van der Waals surface area contributed by atoms with E-state index in [0.717, 1.165) is 5.56 Å². The molecule has 0 saturated carbocycles. The summed E-state index contributed by atoms with van der Waals surface area (Å²) in [6, 6.07) is 12.3. The number of aromatic hydroxyl groups is 1. The van der Waals surface area contributed by atoms with Gasteiger partial charge in [0.25, 0.3) is 5.91 Å². The molecule has 27 heavy (non-hydrogen) atoms. The van der Waals surface area contributed by atoms with E-state index in [4.69, 9.17) is 9.47 Å². The second-order valence-corrected chi connectivity index (χ2v) is 6.02. The van der Waals surface area contributed by atoms with Crippen LogP contribution in [0.5, 0.6) is 17.2 Å². The molecule has 2 N–H and O–H groups in total. The van der Waals surface area contributed by atoms with E-state index in [1.807, 2.05) is 13.0 Å². The molecular formula is C21H22N2O4. The number of phenols is 1. The lowest BCUT2D eigenvalue weighted by atomic mass is 10.1. The van der Waals surface area contributed by atoms with Crippen molar-refractivity contribution in [3.05, 3.63) is 59.7 Å². The molecule has 1 aliphatic rings. The predicted molar refractivity (Wildman–Crippen MR) is 105 cm³/mol. The van der Waals surface area contributed by atoms with Gasteiger partial charge in [-0.3, -0.25) is 9.79 Å². The maximum absolute atomic E-state index is 12.5. The molecule has 1 heterocycles. The number of phenolic OH excluding ortho intramolecular Hbond substituents is 1. The molecule has 2 aromatic carbocycles. The average Bonchev–Trinajstić information content (AvgIpc) is 2.68. The maximum Gasteiger partial charge on any atom is 0.251 e. The minimum Gasteiger partial charge on any atom is -0.508 e. The van der Waals surface area contributed by atoms with E-state index in [9.17, 15) is 9.90 Å². The van der Waals surface area contributed by atoms with Gasteiger partial charge in [0.15, 0.2) is 11.5 Å². The number of anilines is 1. The first-order valence-electron chi connectivity index (χ1n) is 8.78. The third-order valence-corrected chi connectivity index (χ3v) is 4.06. The molecule has 0 saturated heterocycles. The fraction of sp³-hybridized carbons (Fsp3) is 0.238. The summed E-state index contributed by atoms with van der Waals surface area (Å²) in [6.45, 7) is 3.31. The summed E-state index contributed by atoms with van der Waals surface area (Å²) < 4.78 is 11.0. The SMILES string of the molecule is C/C=C(\CC=NCc1cccc(O)c1)C(=O)Nc1ccc2c(c1)OCCO2. The molecule has 2 aromatic rings. The van der Waals surface area contributed by atoms with Crippen molar-refractivity contribution in [3.63, 3.8) is 0 Å². The van der Waals surface area contributed by atoms with Crippen LogP contribution >= 0.6 is 0 Å². The van der Waals surface area contributed by atoms with Crippen LogP contribution in [0, 0.1) is 0 Å². The van der Waals surface area contributed by atoms with Crippen molar-refractivity contribution in [2.75, 3.05) is 18.5 Å². The highest BCUT2D eigenvalue weighted by Crippen LogP contribution is 2.32. The largest absolute Gasteiger partial charge is 0.508 e. The highest BCUT2D eigenvalue weighted by Gasteiger charge is 2.14. The molecule has 6 nitrogen and oxygen atoms in total. The van der Waals surface area contributed by atoms with Crippen molar-refractivity contribution < 1.29 is 19.4 Å². The summed E-state index contributed by atoms with van der Waals surface area (Å²) in [6.07, 6.45) is 3.90. The van der Waals surface area contributed by atoms with Gasteiger partial charge >= 0.3 is 0 Å². The maximum atomic E-state index is 12.5. The Morgan fingerprint density at radius 2 is 2.00 bits per heavy atom. The zero-order chi connectivity index (χ0) is 19.1. The van der Waals surface area contributed by atoms with Gasteiger partial charge in [0.1, 0.15) is 19.0 Å².